The molecule has 0 bridgehead atoms. The molecule has 0 fully saturated rings. The van der Waals surface area contributed by atoms with Gasteiger partial charge >= 0.3 is 0 Å². The number of hydrogen-bond donors (Lipinski definition) is 3. The molecular formula is C9H10BrFN4S. The standard InChI is InChI=1S/C9H10BrFN4S/c10-7-3-6(11)2-1-5(7)4-16-9(14)15-8(12)13/h1-3H,4H2,(H5,12,13,14,15). The minimum absolute atomic E-state index is 0.0243. The van der Waals surface area contributed by atoms with Crippen molar-refractivity contribution in [3.8, 4) is 0 Å². The van der Waals surface area contributed by atoms with Crippen LogP contribution in [0.3, 0.4) is 0 Å². The van der Waals surface area contributed by atoms with E-state index in [0.717, 1.165) is 17.3 Å². The summed E-state index contributed by atoms with van der Waals surface area (Å²) in [6.45, 7) is 0. The highest BCUT2D eigenvalue weighted by Crippen LogP contribution is 2.23. The van der Waals surface area contributed by atoms with E-state index in [0.29, 0.717) is 10.2 Å². The van der Waals surface area contributed by atoms with Crippen molar-refractivity contribution in [3.05, 3.63) is 34.1 Å². The summed E-state index contributed by atoms with van der Waals surface area (Å²) in [5.74, 6) is 0.0480. The Hall–Kier alpha value is -1.08. The van der Waals surface area contributed by atoms with Crippen LogP contribution < -0.4 is 11.5 Å². The van der Waals surface area contributed by atoms with Crippen molar-refractivity contribution in [1.29, 1.82) is 5.41 Å². The lowest BCUT2D eigenvalue weighted by Crippen LogP contribution is -2.23. The fourth-order valence-corrected chi connectivity index (χ4v) is 2.32. The molecule has 0 amide bonds. The lowest BCUT2D eigenvalue weighted by atomic mass is 10.2. The van der Waals surface area contributed by atoms with Crippen LogP contribution in [0.25, 0.3) is 0 Å². The second-order valence-corrected chi connectivity index (χ2v) is 4.68. The Bertz CT molecular complexity index is 432. The van der Waals surface area contributed by atoms with Crippen LogP contribution in [-0.2, 0) is 5.75 Å². The van der Waals surface area contributed by atoms with Gasteiger partial charge in [-0.3, -0.25) is 5.41 Å². The molecule has 0 saturated heterocycles. The summed E-state index contributed by atoms with van der Waals surface area (Å²) in [5.41, 5.74) is 11.1. The maximum absolute atomic E-state index is 12.8. The summed E-state index contributed by atoms with van der Waals surface area (Å²) in [7, 11) is 0. The Morgan fingerprint density at radius 1 is 1.50 bits per heavy atom. The van der Waals surface area contributed by atoms with Crippen LogP contribution >= 0.6 is 27.7 Å². The molecule has 0 saturated carbocycles. The van der Waals surface area contributed by atoms with Gasteiger partial charge in [-0.1, -0.05) is 33.8 Å². The smallest absolute Gasteiger partial charge is 0.193 e. The van der Waals surface area contributed by atoms with Crippen molar-refractivity contribution < 1.29 is 4.39 Å². The maximum Gasteiger partial charge on any atom is 0.193 e. The van der Waals surface area contributed by atoms with Gasteiger partial charge in [-0.15, -0.1) is 0 Å². The molecular weight excluding hydrogens is 295 g/mol. The Morgan fingerprint density at radius 2 is 2.19 bits per heavy atom. The highest BCUT2D eigenvalue weighted by atomic mass is 79.9. The number of benzene rings is 1. The Morgan fingerprint density at radius 3 is 2.75 bits per heavy atom. The summed E-state index contributed by atoms with van der Waals surface area (Å²) in [6.07, 6.45) is 0. The van der Waals surface area contributed by atoms with Gasteiger partial charge in [0.25, 0.3) is 0 Å². The second-order valence-electron chi connectivity index (χ2n) is 2.87. The highest BCUT2D eigenvalue weighted by molar-refractivity contribution is 9.10. The first-order valence-electron chi connectivity index (χ1n) is 4.24. The minimum atomic E-state index is -0.306. The van der Waals surface area contributed by atoms with Gasteiger partial charge in [0.1, 0.15) is 5.82 Å². The predicted octanol–water partition coefficient (Wildman–Crippen LogP) is 2.03. The summed E-state index contributed by atoms with van der Waals surface area (Å²) in [5, 5.41) is 7.43. The number of rotatable bonds is 2. The van der Waals surface area contributed by atoms with Gasteiger partial charge in [0.2, 0.25) is 0 Å². The number of aliphatic imine (C=N–C) groups is 1. The summed E-state index contributed by atoms with van der Waals surface area (Å²) in [6, 6.07) is 4.39. The quantitative estimate of drug-likeness (QED) is 0.577. The zero-order valence-corrected chi connectivity index (χ0v) is 10.6. The molecule has 1 aromatic rings. The van der Waals surface area contributed by atoms with E-state index in [-0.39, 0.29) is 16.9 Å². The van der Waals surface area contributed by atoms with Gasteiger partial charge in [0.15, 0.2) is 11.1 Å². The van der Waals surface area contributed by atoms with E-state index in [2.05, 4.69) is 20.9 Å². The van der Waals surface area contributed by atoms with Crippen LogP contribution in [0.2, 0.25) is 0 Å². The topological polar surface area (TPSA) is 88.2 Å². The van der Waals surface area contributed by atoms with Gasteiger partial charge in [0, 0.05) is 10.2 Å². The number of guanidine groups is 1. The highest BCUT2D eigenvalue weighted by Gasteiger charge is 2.03. The first-order valence-corrected chi connectivity index (χ1v) is 6.02. The third kappa shape index (κ3) is 4.19. The molecule has 0 aromatic heterocycles. The van der Waals surface area contributed by atoms with E-state index in [4.69, 9.17) is 16.9 Å². The van der Waals surface area contributed by atoms with Crippen LogP contribution in [0.4, 0.5) is 4.39 Å². The molecule has 86 valence electrons. The Labute approximate surface area is 105 Å². The van der Waals surface area contributed by atoms with Crippen molar-refractivity contribution in [3.63, 3.8) is 0 Å². The zero-order valence-electron chi connectivity index (χ0n) is 8.21. The van der Waals surface area contributed by atoms with Crippen molar-refractivity contribution in [1.82, 2.24) is 0 Å². The van der Waals surface area contributed by atoms with Crippen LogP contribution in [-0.4, -0.2) is 11.1 Å². The summed E-state index contributed by atoms with van der Waals surface area (Å²) in [4.78, 5) is 3.57. The zero-order chi connectivity index (χ0) is 12.1. The van der Waals surface area contributed by atoms with Gasteiger partial charge < -0.3 is 11.5 Å². The number of hydrogen-bond acceptors (Lipinski definition) is 2. The number of nitrogens with zero attached hydrogens (tertiary/aromatic N) is 1. The average molecular weight is 305 g/mol. The summed E-state index contributed by atoms with van der Waals surface area (Å²) >= 11 is 4.40. The van der Waals surface area contributed by atoms with Crippen LogP contribution in [0.1, 0.15) is 5.56 Å². The molecule has 1 aromatic carbocycles. The molecule has 0 unspecified atom stereocenters. The van der Waals surface area contributed by atoms with Crippen LogP contribution in [0, 0.1) is 11.2 Å². The SMILES string of the molecule is N=C(N=C(N)N)SCc1ccc(F)cc1Br. The molecule has 0 spiro atoms. The number of thioether (sulfide) groups is 1. The Kier molecular flexibility index (Phi) is 4.75. The number of nitrogens with two attached hydrogens (primary N) is 2. The third-order valence-corrected chi connectivity index (χ3v) is 3.17. The van der Waals surface area contributed by atoms with Crippen molar-refractivity contribution in [2.75, 3.05) is 0 Å². The van der Waals surface area contributed by atoms with E-state index in [9.17, 15) is 4.39 Å². The van der Waals surface area contributed by atoms with E-state index >= 15 is 0 Å². The van der Waals surface area contributed by atoms with E-state index in [1.807, 2.05) is 0 Å². The van der Waals surface area contributed by atoms with Gasteiger partial charge in [-0.25, -0.2) is 4.39 Å². The second kappa shape index (κ2) is 5.86. The van der Waals surface area contributed by atoms with Crippen LogP contribution in [0.15, 0.2) is 27.7 Å². The third-order valence-electron chi connectivity index (χ3n) is 1.61. The molecule has 0 radical (unpaired) electrons. The first kappa shape index (κ1) is 13.0. The van der Waals surface area contributed by atoms with Gasteiger partial charge in [-0.2, -0.15) is 4.99 Å². The molecule has 0 aliphatic rings. The number of amidine groups is 1. The Balaban J connectivity index is 2.62. The number of halogens is 2. The van der Waals surface area contributed by atoms with Gasteiger partial charge in [0.05, 0.1) is 0 Å². The lowest BCUT2D eigenvalue weighted by molar-refractivity contribution is 0.626. The molecule has 1 rings (SSSR count). The summed E-state index contributed by atoms with van der Waals surface area (Å²) < 4.78 is 13.4. The van der Waals surface area contributed by atoms with Crippen molar-refractivity contribution in [2.24, 2.45) is 16.5 Å². The number of nitrogens with one attached hydrogen (secondary N) is 1. The molecule has 5 N–H and O–H groups in total. The molecule has 0 heterocycles. The molecule has 0 aliphatic carbocycles. The monoisotopic (exact) mass is 304 g/mol. The molecule has 0 atom stereocenters. The molecule has 16 heavy (non-hydrogen) atoms. The minimum Gasteiger partial charge on any atom is -0.370 e. The van der Waals surface area contributed by atoms with E-state index in [1.54, 1.807) is 6.07 Å². The largest absolute Gasteiger partial charge is 0.370 e. The molecule has 7 heteroatoms. The fraction of sp³-hybridized carbons (Fsp3) is 0.111. The van der Waals surface area contributed by atoms with Crippen molar-refractivity contribution >= 4 is 38.8 Å². The van der Waals surface area contributed by atoms with E-state index in [1.165, 1.54) is 12.1 Å². The van der Waals surface area contributed by atoms with E-state index < -0.39 is 0 Å². The molecule has 4 nitrogen and oxygen atoms in total. The molecule has 0 aliphatic heterocycles. The van der Waals surface area contributed by atoms with Crippen LogP contribution in [0.5, 0.6) is 0 Å². The predicted molar refractivity (Wildman–Crippen MR) is 68.9 cm³/mol. The average Bonchev–Trinajstić information content (AvgIpc) is 2.15. The lowest BCUT2D eigenvalue weighted by Gasteiger charge is -2.03. The first-order chi connectivity index (χ1) is 7.49. The fourth-order valence-electron chi connectivity index (χ4n) is 0.934. The van der Waals surface area contributed by atoms with Gasteiger partial charge in [-0.05, 0) is 17.7 Å². The normalized spacial score (nSPS) is 9.88. The van der Waals surface area contributed by atoms with Crippen molar-refractivity contribution in [2.45, 2.75) is 5.75 Å². The maximum atomic E-state index is 12.8.